The normalized spacial score (nSPS) is 28.9. The number of carbonyl (C=O) groups excluding carboxylic acids is 1. The van der Waals surface area contributed by atoms with Crippen LogP contribution in [-0.2, 0) is 4.79 Å². The predicted octanol–water partition coefficient (Wildman–Crippen LogP) is 2.87. The number of amides is 1. The van der Waals surface area contributed by atoms with Gasteiger partial charge >= 0.3 is 0 Å². The molecule has 2 aliphatic rings. The molecule has 1 aromatic rings. The highest BCUT2D eigenvalue weighted by Crippen LogP contribution is 2.54. The highest BCUT2D eigenvalue weighted by Gasteiger charge is 2.48. The first-order valence-corrected chi connectivity index (χ1v) is 6.72. The van der Waals surface area contributed by atoms with Gasteiger partial charge in [-0.1, -0.05) is 6.07 Å². The zero-order valence-electron chi connectivity index (χ0n) is 11.0. The Hall–Kier alpha value is -1.51. The van der Waals surface area contributed by atoms with Crippen LogP contribution < -0.4 is 11.1 Å². The van der Waals surface area contributed by atoms with Gasteiger partial charge in [0.25, 0.3) is 0 Å². The van der Waals surface area contributed by atoms with E-state index in [2.05, 4.69) is 5.32 Å². The summed E-state index contributed by atoms with van der Waals surface area (Å²) in [4.78, 5) is 12.2. The van der Waals surface area contributed by atoms with Crippen molar-refractivity contribution >= 4 is 17.3 Å². The van der Waals surface area contributed by atoms with E-state index in [1.807, 2.05) is 26.0 Å². The average Bonchev–Trinajstić information content (AvgIpc) is 2.96. The minimum absolute atomic E-state index is 0.180. The smallest absolute Gasteiger partial charge is 0.227 e. The lowest BCUT2D eigenvalue weighted by Gasteiger charge is -2.17. The summed E-state index contributed by atoms with van der Waals surface area (Å²) in [7, 11) is 0. The van der Waals surface area contributed by atoms with Gasteiger partial charge in [-0.15, -0.1) is 0 Å². The molecule has 3 N–H and O–H groups in total. The summed E-state index contributed by atoms with van der Waals surface area (Å²) in [6, 6.07) is 3.86. The summed E-state index contributed by atoms with van der Waals surface area (Å²) in [5.41, 5.74) is 9.60. The minimum Gasteiger partial charge on any atom is -0.398 e. The Bertz CT molecular complexity index is 499. The quantitative estimate of drug-likeness (QED) is 0.786. The Kier molecular flexibility index (Phi) is 2.58. The molecule has 2 saturated carbocycles. The van der Waals surface area contributed by atoms with E-state index < -0.39 is 0 Å². The van der Waals surface area contributed by atoms with Gasteiger partial charge in [0.1, 0.15) is 0 Å². The standard InChI is InChI=1S/C15H20N2O/c1-8-3-4-13(16)9(2)14(8)17-15(18)12-6-10-5-11(10)7-12/h3-4,10-12H,5-7,16H2,1-2H3,(H,17,18). The largest absolute Gasteiger partial charge is 0.398 e. The van der Waals surface area contributed by atoms with Crippen molar-refractivity contribution in [3.63, 3.8) is 0 Å². The van der Waals surface area contributed by atoms with Crippen molar-refractivity contribution in [1.82, 2.24) is 0 Å². The zero-order chi connectivity index (χ0) is 12.9. The predicted molar refractivity (Wildman–Crippen MR) is 73.3 cm³/mol. The third-order valence-corrected chi connectivity index (χ3v) is 4.58. The van der Waals surface area contributed by atoms with Gasteiger partial charge in [-0.25, -0.2) is 0 Å². The number of nitrogens with two attached hydrogens (primary N) is 1. The van der Waals surface area contributed by atoms with E-state index in [1.54, 1.807) is 0 Å². The fraction of sp³-hybridized carbons (Fsp3) is 0.533. The monoisotopic (exact) mass is 244 g/mol. The third-order valence-electron chi connectivity index (χ3n) is 4.58. The molecule has 0 bridgehead atoms. The molecular weight excluding hydrogens is 224 g/mol. The van der Waals surface area contributed by atoms with E-state index in [9.17, 15) is 4.79 Å². The fourth-order valence-electron chi connectivity index (χ4n) is 3.21. The summed E-state index contributed by atoms with van der Waals surface area (Å²) >= 11 is 0. The lowest BCUT2D eigenvalue weighted by atomic mass is 10.0. The first-order valence-electron chi connectivity index (χ1n) is 6.72. The second-order valence-electron chi connectivity index (χ2n) is 5.89. The Morgan fingerprint density at radius 2 is 1.89 bits per heavy atom. The molecule has 0 saturated heterocycles. The van der Waals surface area contributed by atoms with Crippen molar-refractivity contribution in [2.45, 2.75) is 33.1 Å². The van der Waals surface area contributed by atoms with E-state index in [-0.39, 0.29) is 11.8 Å². The van der Waals surface area contributed by atoms with Crippen LogP contribution in [0.4, 0.5) is 11.4 Å². The van der Waals surface area contributed by atoms with E-state index in [1.165, 1.54) is 6.42 Å². The van der Waals surface area contributed by atoms with Crippen LogP contribution in [0.3, 0.4) is 0 Å². The van der Waals surface area contributed by atoms with E-state index >= 15 is 0 Å². The van der Waals surface area contributed by atoms with Crippen LogP contribution in [0.2, 0.25) is 0 Å². The number of rotatable bonds is 2. The maximum Gasteiger partial charge on any atom is 0.227 e. The lowest BCUT2D eigenvalue weighted by Crippen LogP contribution is -2.22. The topological polar surface area (TPSA) is 55.1 Å². The minimum atomic E-state index is 0.180. The van der Waals surface area contributed by atoms with Gasteiger partial charge in [0.15, 0.2) is 0 Å². The zero-order valence-corrected chi connectivity index (χ0v) is 11.0. The number of fused-ring (bicyclic) bond motifs is 1. The van der Waals surface area contributed by atoms with E-state index in [0.29, 0.717) is 0 Å². The number of aryl methyl sites for hydroxylation is 1. The maximum atomic E-state index is 12.2. The van der Waals surface area contributed by atoms with Crippen molar-refractivity contribution in [2.24, 2.45) is 17.8 Å². The first-order chi connectivity index (χ1) is 8.56. The molecule has 2 aliphatic carbocycles. The molecule has 18 heavy (non-hydrogen) atoms. The molecule has 96 valence electrons. The summed E-state index contributed by atoms with van der Waals surface area (Å²) in [5, 5.41) is 3.08. The number of nitrogen functional groups attached to an aromatic ring is 1. The number of nitrogens with one attached hydrogen (secondary N) is 1. The first kappa shape index (κ1) is 11.6. The molecular formula is C15H20N2O. The molecule has 3 nitrogen and oxygen atoms in total. The molecule has 0 radical (unpaired) electrons. The Morgan fingerprint density at radius 3 is 2.56 bits per heavy atom. The molecule has 0 spiro atoms. The molecule has 2 atom stereocenters. The summed E-state index contributed by atoms with van der Waals surface area (Å²) in [6.45, 7) is 3.97. The van der Waals surface area contributed by atoms with Gasteiger partial charge < -0.3 is 11.1 Å². The van der Waals surface area contributed by atoms with Crippen molar-refractivity contribution in [3.8, 4) is 0 Å². The molecule has 1 amide bonds. The lowest BCUT2D eigenvalue weighted by molar-refractivity contribution is -0.120. The average molecular weight is 244 g/mol. The van der Waals surface area contributed by atoms with E-state index in [0.717, 1.165) is 47.2 Å². The molecule has 2 fully saturated rings. The summed E-state index contributed by atoms with van der Waals surface area (Å²) in [5.74, 6) is 2.07. The van der Waals surface area contributed by atoms with Gasteiger partial charge in [0, 0.05) is 17.3 Å². The van der Waals surface area contributed by atoms with Crippen molar-refractivity contribution in [2.75, 3.05) is 11.1 Å². The van der Waals surface area contributed by atoms with Crippen LogP contribution >= 0.6 is 0 Å². The van der Waals surface area contributed by atoms with Gasteiger partial charge in [0.2, 0.25) is 5.91 Å². The van der Waals surface area contributed by atoms with Crippen LogP contribution in [0.5, 0.6) is 0 Å². The van der Waals surface area contributed by atoms with E-state index in [4.69, 9.17) is 5.73 Å². The second-order valence-corrected chi connectivity index (χ2v) is 5.89. The van der Waals surface area contributed by atoms with Gasteiger partial charge in [0.05, 0.1) is 0 Å². The Morgan fingerprint density at radius 1 is 1.22 bits per heavy atom. The highest BCUT2D eigenvalue weighted by molar-refractivity contribution is 5.95. The third kappa shape index (κ3) is 1.88. The molecule has 3 rings (SSSR count). The number of anilines is 2. The second kappa shape index (κ2) is 4.01. The fourth-order valence-corrected chi connectivity index (χ4v) is 3.21. The van der Waals surface area contributed by atoms with Gasteiger partial charge in [-0.2, -0.15) is 0 Å². The molecule has 3 heteroatoms. The van der Waals surface area contributed by atoms with Crippen LogP contribution in [0, 0.1) is 31.6 Å². The maximum absolute atomic E-state index is 12.2. The summed E-state index contributed by atoms with van der Waals surface area (Å²) < 4.78 is 0. The van der Waals surface area contributed by atoms with Gasteiger partial charge in [-0.05, 0) is 62.1 Å². The molecule has 1 aromatic carbocycles. The molecule has 2 unspecified atom stereocenters. The number of hydrogen-bond donors (Lipinski definition) is 2. The molecule has 0 heterocycles. The van der Waals surface area contributed by atoms with Crippen molar-refractivity contribution in [1.29, 1.82) is 0 Å². The van der Waals surface area contributed by atoms with Crippen LogP contribution in [-0.4, -0.2) is 5.91 Å². The van der Waals surface area contributed by atoms with Crippen LogP contribution in [0.15, 0.2) is 12.1 Å². The van der Waals surface area contributed by atoms with Gasteiger partial charge in [-0.3, -0.25) is 4.79 Å². The molecule has 0 aliphatic heterocycles. The highest BCUT2D eigenvalue weighted by atomic mass is 16.1. The number of benzene rings is 1. The van der Waals surface area contributed by atoms with Crippen LogP contribution in [0.1, 0.15) is 30.4 Å². The van der Waals surface area contributed by atoms with Crippen molar-refractivity contribution in [3.05, 3.63) is 23.3 Å². The van der Waals surface area contributed by atoms with Crippen molar-refractivity contribution < 1.29 is 4.79 Å². The summed E-state index contributed by atoms with van der Waals surface area (Å²) in [6.07, 6.45) is 3.51. The Labute approximate surface area is 108 Å². The van der Waals surface area contributed by atoms with Crippen LogP contribution in [0.25, 0.3) is 0 Å². The number of hydrogen-bond acceptors (Lipinski definition) is 2. The number of carbonyl (C=O) groups is 1. The SMILES string of the molecule is Cc1ccc(N)c(C)c1NC(=O)C1CC2CC2C1. The molecule has 0 aromatic heterocycles. The Balaban J connectivity index is 1.76.